The molecule has 0 fully saturated rings. The maximum atomic E-state index is 13.4. The summed E-state index contributed by atoms with van der Waals surface area (Å²) in [5, 5.41) is 1.66. The van der Waals surface area contributed by atoms with Gasteiger partial charge in [0.15, 0.2) is 0 Å². The van der Waals surface area contributed by atoms with Crippen LogP contribution in [-0.2, 0) is 16.6 Å². The van der Waals surface area contributed by atoms with Crippen LogP contribution in [0.1, 0.15) is 10.4 Å². The smallest absolute Gasteiger partial charge is 0.263 e. The fourth-order valence-corrected chi connectivity index (χ4v) is 3.97. The Balaban J connectivity index is 2.34. The molecule has 2 aromatic rings. The van der Waals surface area contributed by atoms with Gasteiger partial charge in [0.1, 0.15) is 10.7 Å². The molecule has 1 aromatic heterocycles. The van der Waals surface area contributed by atoms with E-state index in [4.69, 9.17) is 5.73 Å². The molecule has 0 atom stereocenters. The molecular formula is C12H13FN2O2S2. The molecule has 0 aliphatic rings. The average molecular weight is 300 g/mol. The van der Waals surface area contributed by atoms with Gasteiger partial charge in [-0.15, -0.1) is 11.3 Å². The zero-order chi connectivity index (χ0) is 14.0. The van der Waals surface area contributed by atoms with Crippen molar-refractivity contribution in [3.8, 4) is 0 Å². The lowest BCUT2D eigenvalue weighted by Gasteiger charge is -2.09. The molecule has 19 heavy (non-hydrogen) atoms. The molecule has 3 N–H and O–H groups in total. The highest BCUT2D eigenvalue weighted by molar-refractivity contribution is 7.93. The van der Waals surface area contributed by atoms with E-state index >= 15 is 0 Å². The quantitative estimate of drug-likeness (QED) is 0.911. The van der Waals surface area contributed by atoms with Crippen LogP contribution in [0.15, 0.2) is 34.5 Å². The van der Waals surface area contributed by atoms with Crippen molar-refractivity contribution in [2.75, 3.05) is 4.72 Å². The lowest BCUT2D eigenvalue weighted by atomic mass is 10.2. The molecule has 102 valence electrons. The predicted octanol–water partition coefficient (Wildman–Crippen LogP) is 2.46. The largest absolute Gasteiger partial charge is 0.326 e. The minimum atomic E-state index is -3.73. The first kappa shape index (κ1) is 14.0. The zero-order valence-electron chi connectivity index (χ0n) is 10.2. The van der Waals surface area contributed by atoms with E-state index in [1.54, 1.807) is 12.3 Å². The molecular weight excluding hydrogens is 287 g/mol. The zero-order valence-corrected chi connectivity index (χ0v) is 11.8. The van der Waals surface area contributed by atoms with Crippen LogP contribution in [0.3, 0.4) is 0 Å². The number of hydrogen-bond acceptors (Lipinski definition) is 4. The van der Waals surface area contributed by atoms with E-state index in [9.17, 15) is 12.8 Å². The van der Waals surface area contributed by atoms with E-state index in [1.807, 2.05) is 0 Å². The van der Waals surface area contributed by atoms with Gasteiger partial charge in [-0.05, 0) is 36.1 Å². The van der Waals surface area contributed by atoms with Crippen molar-refractivity contribution in [2.45, 2.75) is 18.4 Å². The van der Waals surface area contributed by atoms with Crippen molar-refractivity contribution in [1.82, 2.24) is 0 Å². The summed E-state index contributed by atoms with van der Waals surface area (Å²) in [6, 6.07) is 5.68. The van der Waals surface area contributed by atoms with Crippen LogP contribution < -0.4 is 10.5 Å². The van der Waals surface area contributed by atoms with Crippen LogP contribution in [0, 0.1) is 12.7 Å². The van der Waals surface area contributed by atoms with Gasteiger partial charge in [-0.3, -0.25) is 4.72 Å². The Bertz CT molecular complexity index is 696. The Kier molecular flexibility index (Phi) is 3.88. The van der Waals surface area contributed by atoms with Gasteiger partial charge in [-0.1, -0.05) is 6.07 Å². The number of halogens is 1. The van der Waals surface area contributed by atoms with Crippen LogP contribution >= 0.6 is 11.3 Å². The standard InChI is InChI=1S/C12H13FN2O2S2/c1-8-2-3-9(6-10(8)13)15-19(16,17)12-4-5-18-11(12)7-14/h2-6,15H,7,14H2,1H3. The molecule has 1 heterocycles. The minimum absolute atomic E-state index is 0.140. The number of anilines is 1. The molecule has 0 saturated carbocycles. The number of rotatable bonds is 4. The normalized spacial score (nSPS) is 11.5. The number of aryl methyl sites for hydroxylation is 1. The summed E-state index contributed by atoms with van der Waals surface area (Å²) in [7, 11) is -3.73. The number of nitrogens with two attached hydrogens (primary N) is 1. The van der Waals surface area contributed by atoms with E-state index in [2.05, 4.69) is 4.72 Å². The fraction of sp³-hybridized carbons (Fsp3) is 0.167. The summed E-state index contributed by atoms with van der Waals surface area (Å²) in [6.07, 6.45) is 0. The second-order valence-electron chi connectivity index (χ2n) is 3.98. The van der Waals surface area contributed by atoms with Crippen molar-refractivity contribution in [3.05, 3.63) is 45.9 Å². The van der Waals surface area contributed by atoms with Gasteiger partial charge in [0, 0.05) is 11.4 Å². The molecule has 0 saturated heterocycles. The number of nitrogens with one attached hydrogen (secondary N) is 1. The van der Waals surface area contributed by atoms with Gasteiger partial charge in [0.25, 0.3) is 10.0 Å². The number of thiophene rings is 1. The van der Waals surface area contributed by atoms with Gasteiger partial charge >= 0.3 is 0 Å². The predicted molar refractivity (Wildman–Crippen MR) is 74.2 cm³/mol. The monoisotopic (exact) mass is 300 g/mol. The van der Waals surface area contributed by atoms with E-state index in [0.29, 0.717) is 10.4 Å². The molecule has 0 aliphatic heterocycles. The lowest BCUT2D eigenvalue weighted by Crippen LogP contribution is -2.14. The van der Waals surface area contributed by atoms with Gasteiger partial charge in [-0.2, -0.15) is 0 Å². The van der Waals surface area contributed by atoms with Crippen LogP contribution in [-0.4, -0.2) is 8.42 Å². The Morgan fingerprint density at radius 2 is 2.11 bits per heavy atom. The van der Waals surface area contributed by atoms with Crippen molar-refractivity contribution < 1.29 is 12.8 Å². The molecule has 0 unspecified atom stereocenters. The van der Waals surface area contributed by atoms with E-state index in [-0.39, 0.29) is 17.1 Å². The molecule has 0 spiro atoms. The maximum absolute atomic E-state index is 13.4. The number of sulfonamides is 1. The Hall–Kier alpha value is -1.44. The summed E-state index contributed by atoms with van der Waals surface area (Å²) < 4.78 is 40.0. The summed E-state index contributed by atoms with van der Waals surface area (Å²) in [4.78, 5) is 0.709. The average Bonchev–Trinajstić information content (AvgIpc) is 2.82. The molecule has 0 amide bonds. The molecule has 0 aliphatic carbocycles. The first-order valence-corrected chi connectivity index (χ1v) is 7.86. The van der Waals surface area contributed by atoms with E-state index in [0.717, 1.165) is 6.07 Å². The van der Waals surface area contributed by atoms with Gasteiger partial charge < -0.3 is 5.73 Å². The molecule has 4 nitrogen and oxygen atoms in total. The van der Waals surface area contributed by atoms with Crippen molar-refractivity contribution in [1.29, 1.82) is 0 Å². The van der Waals surface area contributed by atoms with Crippen LogP contribution in [0.2, 0.25) is 0 Å². The fourth-order valence-electron chi connectivity index (χ4n) is 1.58. The highest BCUT2D eigenvalue weighted by Crippen LogP contribution is 2.24. The lowest BCUT2D eigenvalue weighted by molar-refractivity contribution is 0.600. The maximum Gasteiger partial charge on any atom is 0.263 e. The highest BCUT2D eigenvalue weighted by atomic mass is 32.2. The summed E-state index contributed by atoms with van der Waals surface area (Å²) in [5.41, 5.74) is 6.14. The Morgan fingerprint density at radius 3 is 2.74 bits per heavy atom. The number of hydrogen-bond donors (Lipinski definition) is 2. The third kappa shape index (κ3) is 2.94. The van der Waals surface area contributed by atoms with E-state index < -0.39 is 15.8 Å². The van der Waals surface area contributed by atoms with Crippen molar-refractivity contribution >= 4 is 27.0 Å². The van der Waals surface area contributed by atoms with E-state index in [1.165, 1.54) is 29.5 Å². The molecule has 0 radical (unpaired) electrons. The molecule has 1 aromatic carbocycles. The number of benzene rings is 1. The van der Waals surface area contributed by atoms with Crippen LogP contribution in [0.25, 0.3) is 0 Å². The molecule has 0 bridgehead atoms. The molecule has 2 rings (SSSR count). The molecule has 7 heteroatoms. The van der Waals surface area contributed by atoms with Crippen molar-refractivity contribution in [3.63, 3.8) is 0 Å². The minimum Gasteiger partial charge on any atom is -0.326 e. The summed E-state index contributed by atoms with van der Waals surface area (Å²) in [5.74, 6) is -0.454. The van der Waals surface area contributed by atoms with Gasteiger partial charge in [0.2, 0.25) is 0 Å². The highest BCUT2D eigenvalue weighted by Gasteiger charge is 2.19. The van der Waals surface area contributed by atoms with Crippen LogP contribution in [0.4, 0.5) is 10.1 Å². The van der Waals surface area contributed by atoms with Gasteiger partial charge in [0.05, 0.1) is 5.69 Å². The first-order valence-electron chi connectivity index (χ1n) is 5.49. The second kappa shape index (κ2) is 5.28. The van der Waals surface area contributed by atoms with Crippen LogP contribution in [0.5, 0.6) is 0 Å². The second-order valence-corrected chi connectivity index (χ2v) is 6.63. The first-order chi connectivity index (χ1) is 8.94. The third-order valence-electron chi connectivity index (χ3n) is 2.60. The summed E-state index contributed by atoms with van der Waals surface area (Å²) in [6.45, 7) is 1.76. The SMILES string of the molecule is Cc1ccc(NS(=O)(=O)c2ccsc2CN)cc1F. The third-order valence-corrected chi connectivity index (χ3v) is 5.14. The summed E-state index contributed by atoms with van der Waals surface area (Å²) >= 11 is 1.27. The van der Waals surface area contributed by atoms with Crippen molar-refractivity contribution in [2.24, 2.45) is 5.73 Å². The topological polar surface area (TPSA) is 72.2 Å². The Labute approximate surface area is 115 Å². The van der Waals surface area contributed by atoms with Gasteiger partial charge in [-0.25, -0.2) is 12.8 Å². The Morgan fingerprint density at radius 1 is 1.37 bits per heavy atom.